The molecule has 0 aromatic rings. The van der Waals surface area contributed by atoms with E-state index in [1.807, 2.05) is 27.7 Å². The highest BCUT2D eigenvalue weighted by Crippen LogP contribution is 2.33. The van der Waals surface area contributed by atoms with Crippen LogP contribution in [0.2, 0.25) is 0 Å². The van der Waals surface area contributed by atoms with E-state index in [0.29, 0.717) is 13.2 Å². The van der Waals surface area contributed by atoms with E-state index in [1.165, 1.54) is 0 Å². The molecule has 0 aromatic heterocycles. The van der Waals surface area contributed by atoms with Crippen molar-refractivity contribution in [2.45, 2.75) is 63.7 Å². The summed E-state index contributed by atoms with van der Waals surface area (Å²) in [5, 5.41) is 0. The Labute approximate surface area is 130 Å². The van der Waals surface area contributed by atoms with Crippen LogP contribution in [0.3, 0.4) is 0 Å². The number of carbonyl (C=O) groups is 1. The first-order chi connectivity index (χ1) is 10.3. The molecule has 7 heteroatoms. The molecule has 0 unspecified atom stereocenters. The molecule has 0 spiro atoms. The maximum atomic E-state index is 11.7. The fraction of sp³-hybridized carbons (Fsp3) is 0.933. The van der Waals surface area contributed by atoms with Crippen molar-refractivity contribution in [3.63, 3.8) is 0 Å². The molecule has 4 atom stereocenters. The summed E-state index contributed by atoms with van der Waals surface area (Å²) in [5.41, 5.74) is 0. The zero-order chi connectivity index (χ0) is 16.0. The Morgan fingerprint density at radius 3 is 1.55 bits per heavy atom. The fourth-order valence-corrected chi connectivity index (χ4v) is 3.00. The van der Waals surface area contributed by atoms with E-state index >= 15 is 0 Å². The first-order valence-corrected chi connectivity index (χ1v) is 7.64. The molecule has 0 bridgehead atoms. The summed E-state index contributed by atoms with van der Waals surface area (Å²) in [6, 6.07) is 0. The molecule has 0 aliphatic carbocycles. The van der Waals surface area contributed by atoms with Crippen molar-refractivity contribution in [2.24, 2.45) is 0 Å². The zero-order valence-electron chi connectivity index (χ0n) is 13.5. The molecule has 3 aliphatic heterocycles. The Hall–Kier alpha value is -0.570. The summed E-state index contributed by atoms with van der Waals surface area (Å²) in [7, 11) is 0. The van der Waals surface area contributed by atoms with Crippen LogP contribution in [0.4, 0.5) is 0 Å². The van der Waals surface area contributed by atoms with Crippen molar-refractivity contribution in [1.82, 2.24) is 0 Å². The van der Waals surface area contributed by atoms with Gasteiger partial charge in [-0.15, -0.1) is 0 Å². The lowest BCUT2D eigenvalue weighted by Crippen LogP contribution is -2.49. The highest BCUT2D eigenvalue weighted by atomic mass is 16.8. The van der Waals surface area contributed by atoms with Crippen LogP contribution in [0.1, 0.15) is 27.7 Å². The highest BCUT2D eigenvalue weighted by Gasteiger charge is 2.49. The van der Waals surface area contributed by atoms with E-state index in [-0.39, 0.29) is 31.2 Å². The van der Waals surface area contributed by atoms with Gasteiger partial charge in [0.15, 0.2) is 17.4 Å². The topological polar surface area (TPSA) is 72.5 Å². The molecule has 3 fully saturated rings. The van der Waals surface area contributed by atoms with Crippen LogP contribution in [-0.4, -0.2) is 68.2 Å². The van der Waals surface area contributed by atoms with Gasteiger partial charge in [0.05, 0.1) is 13.2 Å². The van der Waals surface area contributed by atoms with Crippen molar-refractivity contribution >= 4 is 5.78 Å². The van der Waals surface area contributed by atoms with Gasteiger partial charge >= 0.3 is 0 Å². The lowest BCUT2D eigenvalue weighted by Gasteiger charge is -2.32. The summed E-state index contributed by atoms with van der Waals surface area (Å²) in [4.78, 5) is 11.7. The van der Waals surface area contributed by atoms with Gasteiger partial charge < -0.3 is 28.4 Å². The van der Waals surface area contributed by atoms with Crippen molar-refractivity contribution < 1.29 is 33.2 Å². The normalized spacial score (nSPS) is 41.5. The second kappa shape index (κ2) is 5.81. The van der Waals surface area contributed by atoms with Gasteiger partial charge in [0, 0.05) is 0 Å². The molecule has 7 nitrogen and oxygen atoms in total. The van der Waals surface area contributed by atoms with Gasteiger partial charge in [-0.1, -0.05) is 0 Å². The minimum atomic E-state index is -0.665. The van der Waals surface area contributed by atoms with E-state index in [1.54, 1.807) is 0 Å². The van der Waals surface area contributed by atoms with Crippen molar-refractivity contribution in [1.29, 1.82) is 0 Å². The number of rotatable bonds is 2. The second-order valence-corrected chi connectivity index (χ2v) is 6.82. The van der Waals surface area contributed by atoms with E-state index in [4.69, 9.17) is 28.4 Å². The molecule has 3 saturated heterocycles. The summed E-state index contributed by atoms with van der Waals surface area (Å²) in [6.07, 6.45) is -1.48. The molecule has 3 rings (SSSR count). The number of hydrogen-bond donors (Lipinski definition) is 0. The Kier molecular flexibility index (Phi) is 4.30. The molecule has 0 N–H and O–H groups in total. The molecular weight excluding hydrogens is 292 g/mol. The van der Waals surface area contributed by atoms with Crippen LogP contribution in [0.25, 0.3) is 0 Å². The maximum Gasteiger partial charge on any atom is 0.184 e. The van der Waals surface area contributed by atoms with Crippen LogP contribution in [0.5, 0.6) is 0 Å². The SMILES string of the molecule is CC1(C)OC[C@H]([C@@H]2OCC(=O)CO[C@H]2[C@H]2COC(C)(C)O2)O1. The van der Waals surface area contributed by atoms with E-state index < -0.39 is 23.8 Å². The van der Waals surface area contributed by atoms with Crippen molar-refractivity contribution in [3.8, 4) is 0 Å². The Bertz CT molecular complexity index is 396. The molecule has 126 valence electrons. The Morgan fingerprint density at radius 2 is 1.23 bits per heavy atom. The van der Waals surface area contributed by atoms with Gasteiger partial charge in [-0.2, -0.15) is 0 Å². The molecule has 0 amide bonds. The number of hydrogen-bond acceptors (Lipinski definition) is 7. The molecule has 3 heterocycles. The van der Waals surface area contributed by atoms with E-state index in [2.05, 4.69) is 0 Å². The number of Topliss-reactive ketones (excluding diaryl/α,β-unsaturated/α-hetero) is 1. The third-order valence-electron chi connectivity index (χ3n) is 3.99. The number of ketones is 1. The van der Waals surface area contributed by atoms with Crippen LogP contribution >= 0.6 is 0 Å². The number of carbonyl (C=O) groups excluding carboxylic acids is 1. The predicted octanol–water partition coefficient (Wildman–Crippen LogP) is 0.642. The molecule has 22 heavy (non-hydrogen) atoms. The third kappa shape index (κ3) is 3.50. The molecular formula is C15H24O7. The zero-order valence-corrected chi connectivity index (χ0v) is 13.5. The molecule has 0 saturated carbocycles. The standard InChI is InChI=1S/C15H24O7/c1-14(2)19-7-10(21-14)12-13(18-6-9(16)5-17-12)11-8-20-15(3,4)22-11/h10-13H,5-8H2,1-4H3/t10-,11-,12+,13+/m1/s1. The maximum absolute atomic E-state index is 11.7. The third-order valence-corrected chi connectivity index (χ3v) is 3.99. The lowest BCUT2D eigenvalue weighted by molar-refractivity contribution is -0.194. The molecule has 0 aromatic carbocycles. The van der Waals surface area contributed by atoms with Crippen LogP contribution in [0.15, 0.2) is 0 Å². The van der Waals surface area contributed by atoms with Gasteiger partial charge in [0.2, 0.25) is 0 Å². The number of ether oxygens (including phenoxy) is 6. The van der Waals surface area contributed by atoms with Gasteiger partial charge in [0.1, 0.15) is 37.6 Å². The van der Waals surface area contributed by atoms with Crippen LogP contribution < -0.4 is 0 Å². The Balaban J connectivity index is 1.76. The average molecular weight is 316 g/mol. The van der Waals surface area contributed by atoms with E-state index in [9.17, 15) is 4.79 Å². The molecule has 0 radical (unpaired) electrons. The van der Waals surface area contributed by atoms with Crippen LogP contribution in [-0.2, 0) is 33.2 Å². The highest BCUT2D eigenvalue weighted by molar-refractivity contribution is 5.81. The largest absolute Gasteiger partial charge is 0.365 e. The van der Waals surface area contributed by atoms with Gasteiger partial charge in [0.25, 0.3) is 0 Å². The smallest absolute Gasteiger partial charge is 0.184 e. The lowest BCUT2D eigenvalue weighted by atomic mass is 10.0. The summed E-state index contributed by atoms with van der Waals surface area (Å²) in [5.74, 6) is -1.42. The van der Waals surface area contributed by atoms with Gasteiger partial charge in [-0.25, -0.2) is 0 Å². The molecule has 3 aliphatic rings. The van der Waals surface area contributed by atoms with Crippen molar-refractivity contribution in [3.05, 3.63) is 0 Å². The second-order valence-electron chi connectivity index (χ2n) is 6.82. The monoisotopic (exact) mass is 316 g/mol. The van der Waals surface area contributed by atoms with Gasteiger partial charge in [-0.05, 0) is 27.7 Å². The van der Waals surface area contributed by atoms with Crippen LogP contribution in [0, 0.1) is 0 Å². The minimum absolute atomic E-state index is 0.0123. The Morgan fingerprint density at radius 1 is 0.818 bits per heavy atom. The fourth-order valence-electron chi connectivity index (χ4n) is 3.00. The summed E-state index contributed by atoms with van der Waals surface area (Å²) < 4.78 is 34.5. The first-order valence-electron chi connectivity index (χ1n) is 7.64. The summed E-state index contributed by atoms with van der Waals surface area (Å²) in [6.45, 7) is 8.21. The quantitative estimate of drug-likeness (QED) is 0.740. The van der Waals surface area contributed by atoms with E-state index in [0.717, 1.165) is 0 Å². The minimum Gasteiger partial charge on any atom is -0.365 e. The predicted molar refractivity (Wildman–Crippen MR) is 74.3 cm³/mol. The van der Waals surface area contributed by atoms with Crippen molar-refractivity contribution in [2.75, 3.05) is 26.4 Å². The summed E-state index contributed by atoms with van der Waals surface area (Å²) >= 11 is 0. The first kappa shape index (κ1) is 16.3. The van der Waals surface area contributed by atoms with Gasteiger partial charge in [-0.3, -0.25) is 4.79 Å². The average Bonchev–Trinajstić information content (AvgIpc) is 2.88.